The third-order valence-corrected chi connectivity index (χ3v) is 5.66. The topological polar surface area (TPSA) is 81.7 Å². The zero-order valence-corrected chi connectivity index (χ0v) is 18.0. The number of carbonyl (C=O) groups is 3. The number of amides is 1. The van der Waals surface area contributed by atoms with E-state index in [-0.39, 0.29) is 12.5 Å². The fraction of sp³-hybridized carbons (Fsp3) is 0.409. The Balaban J connectivity index is 2.03. The molecule has 0 spiro atoms. The van der Waals surface area contributed by atoms with Crippen LogP contribution in [0.5, 0.6) is 0 Å². The molecule has 7 heteroatoms. The normalized spacial score (nSPS) is 11.8. The first-order valence-electron chi connectivity index (χ1n) is 9.69. The molecule has 0 bridgehead atoms. The third kappa shape index (κ3) is 6.15. The molecule has 1 amide bonds. The molecule has 0 saturated heterocycles. The number of thiophene rings is 1. The molecule has 1 atom stereocenters. The van der Waals surface area contributed by atoms with Crippen LogP contribution in [-0.4, -0.2) is 31.1 Å². The number of ether oxygens (including phenoxy) is 2. The second-order valence-corrected chi connectivity index (χ2v) is 7.88. The quantitative estimate of drug-likeness (QED) is 0.597. The van der Waals surface area contributed by atoms with Gasteiger partial charge in [-0.05, 0) is 30.9 Å². The summed E-state index contributed by atoms with van der Waals surface area (Å²) in [4.78, 5) is 37.9. The lowest BCUT2D eigenvalue weighted by atomic mass is 9.97. The van der Waals surface area contributed by atoms with Gasteiger partial charge in [0, 0.05) is 4.88 Å². The highest BCUT2D eigenvalue weighted by molar-refractivity contribution is 7.16. The van der Waals surface area contributed by atoms with Crippen LogP contribution in [0.2, 0.25) is 0 Å². The standard InChI is InChI=1S/C22H27NO5S/c1-5-16(15-10-8-7-9-11-15)21(25)28-13-19(24)23-20-17(22(26)27-6-2)12-18(29-20)14(3)4/h7-12,14,16H,5-6,13H2,1-4H3,(H,23,24)/t16-/m1/s1. The second-order valence-electron chi connectivity index (χ2n) is 6.79. The maximum absolute atomic E-state index is 12.4. The van der Waals surface area contributed by atoms with Crippen molar-refractivity contribution in [3.05, 3.63) is 52.4 Å². The molecule has 1 heterocycles. The van der Waals surface area contributed by atoms with Gasteiger partial charge < -0.3 is 14.8 Å². The number of hydrogen-bond donors (Lipinski definition) is 1. The van der Waals surface area contributed by atoms with Crippen molar-refractivity contribution in [1.82, 2.24) is 0 Å². The van der Waals surface area contributed by atoms with Crippen molar-refractivity contribution in [1.29, 1.82) is 0 Å². The Morgan fingerprint density at radius 1 is 1.07 bits per heavy atom. The number of rotatable bonds is 9. The van der Waals surface area contributed by atoms with Crippen LogP contribution in [0.25, 0.3) is 0 Å². The Morgan fingerprint density at radius 2 is 1.76 bits per heavy atom. The highest BCUT2D eigenvalue weighted by Crippen LogP contribution is 2.33. The summed E-state index contributed by atoms with van der Waals surface area (Å²) in [5, 5.41) is 3.08. The largest absolute Gasteiger partial charge is 0.462 e. The summed E-state index contributed by atoms with van der Waals surface area (Å²) < 4.78 is 10.3. The van der Waals surface area contributed by atoms with Gasteiger partial charge in [-0.2, -0.15) is 0 Å². The summed E-state index contributed by atoms with van der Waals surface area (Å²) in [6.07, 6.45) is 0.570. The summed E-state index contributed by atoms with van der Waals surface area (Å²) in [7, 11) is 0. The minimum absolute atomic E-state index is 0.202. The fourth-order valence-corrected chi connectivity index (χ4v) is 3.84. The third-order valence-electron chi connectivity index (χ3n) is 4.31. The molecule has 0 radical (unpaired) electrons. The molecular weight excluding hydrogens is 390 g/mol. The van der Waals surface area contributed by atoms with Gasteiger partial charge in [0.05, 0.1) is 18.1 Å². The van der Waals surface area contributed by atoms with E-state index < -0.39 is 30.4 Å². The smallest absolute Gasteiger partial charge is 0.341 e. The van der Waals surface area contributed by atoms with Crippen LogP contribution in [0.1, 0.15) is 66.8 Å². The molecule has 0 unspecified atom stereocenters. The Labute approximate surface area is 175 Å². The number of carbonyl (C=O) groups excluding carboxylic acids is 3. The van der Waals surface area contributed by atoms with Crippen molar-refractivity contribution < 1.29 is 23.9 Å². The van der Waals surface area contributed by atoms with Crippen molar-refractivity contribution in [3.8, 4) is 0 Å². The van der Waals surface area contributed by atoms with Gasteiger partial charge in [0.25, 0.3) is 5.91 Å². The van der Waals surface area contributed by atoms with Gasteiger partial charge >= 0.3 is 11.9 Å². The predicted molar refractivity (Wildman–Crippen MR) is 113 cm³/mol. The molecule has 156 valence electrons. The maximum Gasteiger partial charge on any atom is 0.341 e. The molecule has 2 aromatic rings. The summed E-state index contributed by atoms with van der Waals surface area (Å²) in [5.41, 5.74) is 1.17. The average molecular weight is 418 g/mol. The van der Waals surface area contributed by atoms with Gasteiger partial charge in [-0.25, -0.2) is 4.79 Å². The lowest BCUT2D eigenvalue weighted by Gasteiger charge is -2.14. The first-order chi connectivity index (χ1) is 13.9. The van der Waals surface area contributed by atoms with Gasteiger partial charge in [-0.3, -0.25) is 9.59 Å². The summed E-state index contributed by atoms with van der Waals surface area (Å²) >= 11 is 1.32. The van der Waals surface area contributed by atoms with Crippen molar-refractivity contribution in [3.63, 3.8) is 0 Å². The van der Waals surface area contributed by atoms with E-state index in [9.17, 15) is 14.4 Å². The highest BCUT2D eigenvalue weighted by atomic mass is 32.1. The lowest BCUT2D eigenvalue weighted by Crippen LogP contribution is -2.24. The summed E-state index contributed by atoms with van der Waals surface area (Å²) in [6, 6.07) is 11.1. The predicted octanol–water partition coefficient (Wildman–Crippen LogP) is 4.72. The summed E-state index contributed by atoms with van der Waals surface area (Å²) in [5.74, 6) is -1.66. The van der Waals surface area contributed by atoms with Crippen LogP contribution in [0.4, 0.5) is 5.00 Å². The number of hydrogen-bond acceptors (Lipinski definition) is 6. The van der Waals surface area contributed by atoms with E-state index >= 15 is 0 Å². The van der Waals surface area contributed by atoms with E-state index in [1.54, 1.807) is 13.0 Å². The highest BCUT2D eigenvalue weighted by Gasteiger charge is 2.23. The van der Waals surface area contributed by atoms with Crippen LogP contribution >= 0.6 is 11.3 Å². The number of esters is 2. The lowest BCUT2D eigenvalue weighted by molar-refractivity contribution is -0.149. The van der Waals surface area contributed by atoms with Crippen LogP contribution < -0.4 is 5.32 Å². The first kappa shape index (κ1) is 22.6. The Bertz CT molecular complexity index is 844. The molecule has 6 nitrogen and oxygen atoms in total. The van der Waals surface area contributed by atoms with Gasteiger partial charge in [-0.1, -0.05) is 51.1 Å². The van der Waals surface area contributed by atoms with Crippen LogP contribution in [0, 0.1) is 0 Å². The van der Waals surface area contributed by atoms with Crippen molar-refractivity contribution in [2.24, 2.45) is 0 Å². The molecule has 1 aromatic carbocycles. The van der Waals surface area contributed by atoms with E-state index in [0.717, 1.165) is 10.4 Å². The van der Waals surface area contributed by atoms with Gasteiger partial charge in [-0.15, -0.1) is 11.3 Å². The Hall–Kier alpha value is -2.67. The molecule has 0 aliphatic rings. The maximum atomic E-state index is 12.4. The van der Waals surface area contributed by atoms with E-state index in [1.807, 2.05) is 51.1 Å². The molecule has 1 aromatic heterocycles. The van der Waals surface area contributed by atoms with Crippen molar-refractivity contribution in [2.75, 3.05) is 18.5 Å². The zero-order valence-electron chi connectivity index (χ0n) is 17.2. The molecular formula is C22H27NO5S. The van der Waals surface area contributed by atoms with Gasteiger partial charge in [0.2, 0.25) is 0 Å². The second kappa shape index (κ2) is 10.8. The molecule has 0 fully saturated rings. The Kier molecular flexibility index (Phi) is 8.39. The molecule has 0 aliphatic heterocycles. The van der Waals surface area contributed by atoms with Gasteiger partial charge in [0.1, 0.15) is 5.00 Å². The summed E-state index contributed by atoms with van der Waals surface area (Å²) in [6.45, 7) is 7.45. The van der Waals surface area contributed by atoms with E-state index in [1.165, 1.54) is 11.3 Å². The van der Waals surface area contributed by atoms with Crippen molar-refractivity contribution >= 4 is 34.2 Å². The van der Waals surface area contributed by atoms with E-state index in [2.05, 4.69) is 5.32 Å². The minimum Gasteiger partial charge on any atom is -0.462 e. The van der Waals surface area contributed by atoms with Gasteiger partial charge in [0.15, 0.2) is 6.61 Å². The van der Waals surface area contributed by atoms with Crippen LogP contribution in [0.15, 0.2) is 36.4 Å². The minimum atomic E-state index is -0.496. The number of benzene rings is 1. The van der Waals surface area contributed by atoms with Crippen LogP contribution in [0.3, 0.4) is 0 Å². The monoisotopic (exact) mass is 417 g/mol. The number of nitrogens with one attached hydrogen (secondary N) is 1. The molecule has 2 rings (SSSR count). The van der Waals surface area contributed by atoms with E-state index in [4.69, 9.17) is 9.47 Å². The Morgan fingerprint density at radius 3 is 2.34 bits per heavy atom. The van der Waals surface area contributed by atoms with Crippen LogP contribution in [-0.2, 0) is 19.1 Å². The zero-order chi connectivity index (χ0) is 21.4. The molecule has 0 aliphatic carbocycles. The van der Waals surface area contributed by atoms with Crippen molar-refractivity contribution in [2.45, 2.75) is 46.0 Å². The fourth-order valence-electron chi connectivity index (χ4n) is 2.77. The number of anilines is 1. The average Bonchev–Trinajstić information content (AvgIpc) is 3.12. The van der Waals surface area contributed by atoms with E-state index in [0.29, 0.717) is 17.0 Å². The molecule has 0 saturated carbocycles. The molecule has 29 heavy (non-hydrogen) atoms. The molecule has 1 N–H and O–H groups in total. The first-order valence-corrected chi connectivity index (χ1v) is 10.5. The SMILES string of the molecule is CCOC(=O)c1cc(C(C)C)sc1NC(=O)COC(=O)[C@H](CC)c1ccccc1.